The van der Waals surface area contributed by atoms with Crippen molar-refractivity contribution in [2.24, 2.45) is 5.92 Å². The Hall–Kier alpha value is -2.91. The molecule has 1 unspecified atom stereocenters. The molecule has 188 valence electrons. The fourth-order valence-corrected chi connectivity index (χ4v) is 6.15. The molecular formula is C26H33N3O5S. The lowest BCUT2D eigenvalue weighted by Crippen LogP contribution is -2.44. The Balaban J connectivity index is 1.31. The van der Waals surface area contributed by atoms with E-state index >= 15 is 0 Å². The van der Waals surface area contributed by atoms with Gasteiger partial charge in [-0.25, -0.2) is 8.42 Å². The van der Waals surface area contributed by atoms with Gasteiger partial charge in [0.15, 0.2) is 0 Å². The van der Waals surface area contributed by atoms with E-state index in [1.807, 2.05) is 30.3 Å². The van der Waals surface area contributed by atoms with E-state index in [1.165, 1.54) is 10.4 Å². The lowest BCUT2D eigenvalue weighted by Gasteiger charge is -2.32. The molecule has 1 N–H and O–H groups in total. The van der Waals surface area contributed by atoms with Crippen LogP contribution in [-0.2, 0) is 19.6 Å². The number of benzene rings is 2. The summed E-state index contributed by atoms with van der Waals surface area (Å²) in [7, 11) is -3.58. The molecule has 0 radical (unpaired) electrons. The minimum Gasteiger partial charge on any atom is -0.493 e. The van der Waals surface area contributed by atoms with Gasteiger partial charge in [-0.15, -0.1) is 0 Å². The minimum absolute atomic E-state index is 0.0342. The van der Waals surface area contributed by atoms with Gasteiger partial charge in [0.25, 0.3) is 0 Å². The standard InChI is InChI=1S/C26H33N3O5S/c30-25(14-18-34-23-11-3-1-4-12-23)28-15-8-9-21(20-28)26(31)27-22-10-7-13-24(19-22)35(32,33)29-16-5-2-6-17-29/h1,3-4,7,10-13,19,21H,2,5-6,8-9,14-18,20H2,(H,27,31). The zero-order chi connectivity index (χ0) is 24.7. The van der Waals surface area contributed by atoms with Crippen LogP contribution in [0.1, 0.15) is 38.5 Å². The van der Waals surface area contributed by atoms with Crippen LogP contribution in [0.15, 0.2) is 59.5 Å². The van der Waals surface area contributed by atoms with Crippen molar-refractivity contribution in [2.45, 2.75) is 43.4 Å². The van der Waals surface area contributed by atoms with Gasteiger partial charge in [-0.3, -0.25) is 9.59 Å². The van der Waals surface area contributed by atoms with Crippen molar-refractivity contribution in [2.75, 3.05) is 38.1 Å². The maximum atomic E-state index is 13.0. The lowest BCUT2D eigenvalue weighted by molar-refractivity contribution is -0.135. The highest BCUT2D eigenvalue weighted by Crippen LogP contribution is 2.24. The summed E-state index contributed by atoms with van der Waals surface area (Å²) >= 11 is 0. The van der Waals surface area contributed by atoms with Crippen molar-refractivity contribution in [1.29, 1.82) is 0 Å². The summed E-state index contributed by atoms with van der Waals surface area (Å²) in [6.07, 6.45) is 4.45. The highest BCUT2D eigenvalue weighted by atomic mass is 32.2. The van der Waals surface area contributed by atoms with Gasteiger partial charge in [0.2, 0.25) is 21.8 Å². The molecule has 0 aromatic heterocycles. The molecule has 0 aliphatic carbocycles. The number of likely N-dealkylation sites (tertiary alicyclic amines) is 1. The van der Waals surface area contributed by atoms with Crippen LogP contribution in [0.4, 0.5) is 5.69 Å². The minimum atomic E-state index is -3.58. The average Bonchev–Trinajstić information content (AvgIpc) is 2.90. The fraction of sp³-hybridized carbons (Fsp3) is 0.462. The number of carbonyl (C=O) groups excluding carboxylic acids is 2. The number of ether oxygens (including phenoxy) is 1. The van der Waals surface area contributed by atoms with E-state index in [1.54, 1.807) is 23.1 Å². The smallest absolute Gasteiger partial charge is 0.243 e. The molecule has 2 fully saturated rings. The number of para-hydroxylation sites is 1. The van der Waals surface area contributed by atoms with Gasteiger partial charge >= 0.3 is 0 Å². The molecule has 2 aromatic carbocycles. The number of piperidine rings is 2. The van der Waals surface area contributed by atoms with Crippen LogP contribution in [-0.4, -0.2) is 62.2 Å². The first-order valence-electron chi connectivity index (χ1n) is 12.3. The summed E-state index contributed by atoms with van der Waals surface area (Å²) in [6.45, 7) is 2.32. The van der Waals surface area contributed by atoms with E-state index < -0.39 is 10.0 Å². The Kier molecular flexibility index (Phi) is 8.41. The Morgan fingerprint density at radius 3 is 2.49 bits per heavy atom. The molecule has 2 saturated heterocycles. The number of hydrogen-bond donors (Lipinski definition) is 1. The first-order valence-corrected chi connectivity index (χ1v) is 13.7. The van der Waals surface area contributed by atoms with Crippen LogP contribution >= 0.6 is 0 Å². The Labute approximate surface area is 207 Å². The van der Waals surface area contributed by atoms with Crippen LogP contribution < -0.4 is 10.1 Å². The summed E-state index contributed by atoms with van der Waals surface area (Å²) in [6, 6.07) is 15.8. The van der Waals surface area contributed by atoms with Crippen LogP contribution in [0.2, 0.25) is 0 Å². The first kappa shape index (κ1) is 25.2. The van der Waals surface area contributed by atoms with Crippen molar-refractivity contribution < 1.29 is 22.7 Å². The number of nitrogens with one attached hydrogen (secondary N) is 1. The molecular weight excluding hydrogens is 466 g/mol. The predicted octanol–water partition coefficient (Wildman–Crippen LogP) is 3.51. The van der Waals surface area contributed by atoms with Crippen molar-refractivity contribution in [3.05, 3.63) is 54.6 Å². The van der Waals surface area contributed by atoms with Gasteiger partial charge in [-0.05, 0) is 56.0 Å². The summed E-state index contributed by atoms with van der Waals surface area (Å²) < 4.78 is 33.1. The Morgan fingerprint density at radius 2 is 1.71 bits per heavy atom. The van der Waals surface area contributed by atoms with Crippen LogP contribution in [0, 0.1) is 5.92 Å². The molecule has 0 saturated carbocycles. The third-order valence-corrected chi connectivity index (χ3v) is 8.42. The second-order valence-corrected chi connectivity index (χ2v) is 11.0. The van der Waals surface area contributed by atoms with E-state index in [0.717, 1.165) is 31.4 Å². The highest BCUT2D eigenvalue weighted by Gasteiger charge is 2.29. The van der Waals surface area contributed by atoms with Gasteiger partial charge in [-0.2, -0.15) is 4.31 Å². The van der Waals surface area contributed by atoms with Gasteiger partial charge in [-0.1, -0.05) is 30.7 Å². The largest absolute Gasteiger partial charge is 0.493 e. The number of carbonyl (C=O) groups is 2. The Morgan fingerprint density at radius 1 is 0.943 bits per heavy atom. The van der Waals surface area contributed by atoms with E-state index in [2.05, 4.69) is 5.32 Å². The zero-order valence-electron chi connectivity index (χ0n) is 19.9. The SMILES string of the molecule is O=C(Nc1cccc(S(=O)(=O)N2CCCCC2)c1)C1CCCN(C(=O)CCOc2ccccc2)C1. The molecule has 2 aliphatic heterocycles. The summed E-state index contributed by atoms with van der Waals surface area (Å²) in [5.74, 6) is 0.148. The molecule has 0 bridgehead atoms. The lowest BCUT2D eigenvalue weighted by atomic mass is 9.96. The van der Waals surface area contributed by atoms with Crippen molar-refractivity contribution >= 4 is 27.5 Å². The normalized spacial score (nSPS) is 19.2. The van der Waals surface area contributed by atoms with Crippen LogP contribution in [0.5, 0.6) is 5.75 Å². The van der Waals surface area contributed by atoms with Crippen molar-refractivity contribution in [3.8, 4) is 5.75 Å². The molecule has 2 amide bonds. The maximum Gasteiger partial charge on any atom is 0.243 e. The summed E-state index contributed by atoms with van der Waals surface area (Å²) in [5, 5.41) is 2.87. The second kappa shape index (κ2) is 11.7. The number of hydrogen-bond acceptors (Lipinski definition) is 5. The zero-order valence-corrected chi connectivity index (χ0v) is 20.7. The number of sulfonamides is 1. The van der Waals surface area contributed by atoms with Gasteiger partial charge in [0.05, 0.1) is 23.8 Å². The van der Waals surface area contributed by atoms with E-state index in [9.17, 15) is 18.0 Å². The Bertz CT molecular complexity index is 1120. The fourth-order valence-electron chi connectivity index (χ4n) is 4.58. The molecule has 1 atom stereocenters. The van der Waals surface area contributed by atoms with Gasteiger partial charge in [0.1, 0.15) is 5.75 Å². The summed E-state index contributed by atoms with van der Waals surface area (Å²) in [4.78, 5) is 27.5. The topological polar surface area (TPSA) is 96.0 Å². The number of rotatable bonds is 8. The number of amides is 2. The van der Waals surface area contributed by atoms with Gasteiger partial charge in [0, 0.05) is 31.9 Å². The molecule has 2 heterocycles. The molecule has 9 heteroatoms. The molecule has 2 aromatic rings. The van der Waals surface area contributed by atoms with Crippen LogP contribution in [0.25, 0.3) is 0 Å². The van der Waals surface area contributed by atoms with E-state index in [4.69, 9.17) is 4.74 Å². The number of nitrogens with zero attached hydrogens (tertiary/aromatic N) is 2. The van der Waals surface area contributed by atoms with Crippen molar-refractivity contribution in [3.63, 3.8) is 0 Å². The maximum absolute atomic E-state index is 13.0. The predicted molar refractivity (Wildman–Crippen MR) is 134 cm³/mol. The molecule has 2 aliphatic rings. The molecule has 8 nitrogen and oxygen atoms in total. The third-order valence-electron chi connectivity index (χ3n) is 6.53. The second-order valence-electron chi connectivity index (χ2n) is 9.07. The van der Waals surface area contributed by atoms with E-state index in [0.29, 0.717) is 38.3 Å². The summed E-state index contributed by atoms with van der Waals surface area (Å²) in [5.41, 5.74) is 0.452. The monoisotopic (exact) mass is 499 g/mol. The molecule has 4 rings (SSSR count). The van der Waals surface area contributed by atoms with Gasteiger partial charge < -0.3 is 15.0 Å². The van der Waals surface area contributed by atoms with E-state index in [-0.39, 0.29) is 35.7 Å². The molecule has 0 spiro atoms. The third kappa shape index (κ3) is 6.61. The average molecular weight is 500 g/mol. The quantitative estimate of drug-likeness (QED) is 0.600. The van der Waals surface area contributed by atoms with Crippen LogP contribution in [0.3, 0.4) is 0 Å². The molecule has 35 heavy (non-hydrogen) atoms. The van der Waals surface area contributed by atoms with Crippen molar-refractivity contribution in [1.82, 2.24) is 9.21 Å². The number of anilines is 1. The highest BCUT2D eigenvalue weighted by molar-refractivity contribution is 7.89. The first-order chi connectivity index (χ1) is 16.9.